The molecule has 4 rings (SSSR count). The molecule has 148 valence electrons. The van der Waals surface area contributed by atoms with Crippen LogP contribution in [0.25, 0.3) is 22.2 Å². The summed E-state index contributed by atoms with van der Waals surface area (Å²) in [4.78, 5) is 12.2. The van der Waals surface area contributed by atoms with Gasteiger partial charge in [-0.15, -0.1) is 0 Å². The van der Waals surface area contributed by atoms with Crippen LogP contribution in [0.1, 0.15) is 5.56 Å². The molecule has 4 aromatic rings. The molecule has 0 aliphatic heterocycles. The van der Waals surface area contributed by atoms with Gasteiger partial charge in [0, 0.05) is 29.8 Å². The van der Waals surface area contributed by atoms with Crippen LogP contribution >= 0.6 is 0 Å². The van der Waals surface area contributed by atoms with E-state index in [2.05, 4.69) is 11.4 Å². The molecular formula is C24H19N3O3. The zero-order valence-corrected chi connectivity index (χ0v) is 16.5. The van der Waals surface area contributed by atoms with E-state index in [9.17, 15) is 10.1 Å². The summed E-state index contributed by atoms with van der Waals surface area (Å²) in [6.07, 6.45) is -0.583. The van der Waals surface area contributed by atoms with E-state index < -0.39 is 6.09 Å². The van der Waals surface area contributed by atoms with Crippen LogP contribution in [0.5, 0.6) is 11.5 Å². The van der Waals surface area contributed by atoms with Gasteiger partial charge in [-0.1, -0.05) is 30.3 Å². The molecule has 3 aromatic carbocycles. The van der Waals surface area contributed by atoms with Crippen molar-refractivity contribution in [3.63, 3.8) is 0 Å². The van der Waals surface area contributed by atoms with E-state index in [-0.39, 0.29) is 0 Å². The molecule has 0 aliphatic carbocycles. The fourth-order valence-corrected chi connectivity index (χ4v) is 3.48. The molecule has 0 unspecified atom stereocenters. The highest BCUT2D eigenvalue weighted by Crippen LogP contribution is 2.35. The van der Waals surface area contributed by atoms with Crippen molar-refractivity contribution < 1.29 is 14.3 Å². The van der Waals surface area contributed by atoms with Crippen LogP contribution in [0, 0.1) is 11.3 Å². The number of anilines is 1. The van der Waals surface area contributed by atoms with Crippen LogP contribution in [0.15, 0.2) is 72.8 Å². The molecule has 1 heterocycles. The summed E-state index contributed by atoms with van der Waals surface area (Å²) >= 11 is 0. The number of carbonyl (C=O) groups is 1. The predicted octanol–water partition coefficient (Wildman–Crippen LogP) is 5.34. The molecule has 0 atom stereocenters. The third-order valence-electron chi connectivity index (χ3n) is 4.86. The molecule has 0 spiro atoms. The maximum absolute atomic E-state index is 12.2. The van der Waals surface area contributed by atoms with E-state index in [1.807, 2.05) is 54.1 Å². The molecule has 0 aliphatic rings. The number of amides is 1. The number of rotatable bonds is 4. The Morgan fingerprint density at radius 2 is 1.80 bits per heavy atom. The Balaban J connectivity index is 1.68. The highest BCUT2D eigenvalue weighted by atomic mass is 16.6. The smallest absolute Gasteiger partial charge is 0.417 e. The molecule has 6 heteroatoms. The molecule has 30 heavy (non-hydrogen) atoms. The van der Waals surface area contributed by atoms with Gasteiger partial charge in [0.2, 0.25) is 0 Å². The second-order valence-corrected chi connectivity index (χ2v) is 6.69. The molecule has 0 bridgehead atoms. The minimum Gasteiger partial charge on any atom is -0.497 e. The second kappa shape index (κ2) is 8.02. The summed E-state index contributed by atoms with van der Waals surface area (Å²) in [5.74, 6) is 1.18. The minimum atomic E-state index is -0.583. The van der Waals surface area contributed by atoms with E-state index in [4.69, 9.17) is 9.47 Å². The van der Waals surface area contributed by atoms with Gasteiger partial charge in [0.25, 0.3) is 0 Å². The maximum Gasteiger partial charge on any atom is 0.417 e. The van der Waals surface area contributed by atoms with Crippen molar-refractivity contribution in [1.29, 1.82) is 5.26 Å². The number of fused-ring (bicyclic) bond motifs is 1. The second-order valence-electron chi connectivity index (χ2n) is 6.69. The van der Waals surface area contributed by atoms with Crippen LogP contribution < -0.4 is 14.8 Å². The van der Waals surface area contributed by atoms with Crippen LogP contribution in [-0.4, -0.2) is 17.8 Å². The molecule has 0 saturated heterocycles. The first-order valence-corrected chi connectivity index (χ1v) is 9.31. The number of ether oxygens (including phenoxy) is 2. The van der Waals surface area contributed by atoms with Crippen LogP contribution in [-0.2, 0) is 7.05 Å². The number of carbonyl (C=O) groups excluding carboxylic acids is 1. The number of aryl methyl sites for hydroxylation is 1. The van der Waals surface area contributed by atoms with E-state index in [1.165, 1.54) is 0 Å². The summed E-state index contributed by atoms with van der Waals surface area (Å²) in [7, 11) is 3.52. The van der Waals surface area contributed by atoms with Gasteiger partial charge in [-0.2, -0.15) is 5.26 Å². The first-order valence-electron chi connectivity index (χ1n) is 9.31. The topological polar surface area (TPSA) is 76.3 Å². The predicted molar refractivity (Wildman–Crippen MR) is 116 cm³/mol. The van der Waals surface area contributed by atoms with Crippen molar-refractivity contribution in [3.8, 4) is 28.8 Å². The maximum atomic E-state index is 12.2. The van der Waals surface area contributed by atoms with E-state index >= 15 is 0 Å². The first kappa shape index (κ1) is 19.1. The highest BCUT2D eigenvalue weighted by Gasteiger charge is 2.18. The van der Waals surface area contributed by atoms with Gasteiger partial charge in [-0.3, -0.25) is 5.32 Å². The van der Waals surface area contributed by atoms with E-state index in [1.54, 1.807) is 37.4 Å². The number of hydrogen-bond acceptors (Lipinski definition) is 4. The Kier molecular flexibility index (Phi) is 5.10. The van der Waals surface area contributed by atoms with Gasteiger partial charge in [0.1, 0.15) is 17.6 Å². The summed E-state index contributed by atoms with van der Waals surface area (Å²) in [6.45, 7) is 0. The van der Waals surface area contributed by atoms with Gasteiger partial charge in [0.15, 0.2) is 0 Å². The fraction of sp³-hybridized carbons (Fsp3) is 0.0833. The zero-order valence-electron chi connectivity index (χ0n) is 16.5. The van der Waals surface area contributed by atoms with Gasteiger partial charge in [-0.25, -0.2) is 4.79 Å². The molecular weight excluding hydrogens is 378 g/mol. The van der Waals surface area contributed by atoms with E-state index in [0.29, 0.717) is 17.0 Å². The summed E-state index contributed by atoms with van der Waals surface area (Å²) < 4.78 is 12.6. The lowest BCUT2D eigenvalue weighted by molar-refractivity contribution is 0.215. The molecule has 0 fully saturated rings. The van der Waals surface area contributed by atoms with Gasteiger partial charge < -0.3 is 14.0 Å². The number of nitrogens with zero attached hydrogens (tertiary/aromatic N) is 2. The van der Waals surface area contributed by atoms with Crippen LogP contribution in [0.2, 0.25) is 0 Å². The Morgan fingerprint density at radius 1 is 1.00 bits per heavy atom. The Morgan fingerprint density at radius 3 is 2.53 bits per heavy atom. The lowest BCUT2D eigenvalue weighted by atomic mass is 10.1. The van der Waals surface area contributed by atoms with Crippen molar-refractivity contribution in [2.45, 2.75) is 0 Å². The van der Waals surface area contributed by atoms with Crippen molar-refractivity contribution in [3.05, 3.63) is 78.4 Å². The zero-order chi connectivity index (χ0) is 21.1. The van der Waals surface area contributed by atoms with E-state index in [0.717, 1.165) is 27.9 Å². The number of nitrogens with one attached hydrogen (secondary N) is 1. The van der Waals surface area contributed by atoms with Gasteiger partial charge in [0.05, 0.1) is 23.9 Å². The summed E-state index contributed by atoms with van der Waals surface area (Å²) in [5, 5.41) is 13.4. The number of para-hydroxylation sites is 1. The Bertz CT molecular complexity index is 1270. The summed E-state index contributed by atoms with van der Waals surface area (Å²) in [5.41, 5.74) is 3.60. The normalized spacial score (nSPS) is 10.4. The molecule has 0 saturated carbocycles. The number of aromatic nitrogens is 1. The quantitative estimate of drug-likeness (QED) is 0.504. The lowest BCUT2D eigenvalue weighted by Crippen LogP contribution is -2.16. The minimum absolute atomic E-state index is 0.459. The molecule has 1 aromatic heterocycles. The van der Waals surface area contributed by atoms with Crippen LogP contribution in [0.3, 0.4) is 0 Å². The lowest BCUT2D eigenvalue weighted by Gasteiger charge is -2.10. The number of nitriles is 1. The van der Waals surface area contributed by atoms with Crippen molar-refractivity contribution in [2.24, 2.45) is 7.05 Å². The Hall–Kier alpha value is -4.24. The average molecular weight is 397 g/mol. The van der Waals surface area contributed by atoms with Crippen LogP contribution in [0.4, 0.5) is 10.5 Å². The molecule has 0 radical (unpaired) electrons. The fourth-order valence-electron chi connectivity index (χ4n) is 3.48. The monoisotopic (exact) mass is 397 g/mol. The van der Waals surface area contributed by atoms with Gasteiger partial charge >= 0.3 is 6.09 Å². The number of benzene rings is 3. The van der Waals surface area contributed by atoms with Crippen molar-refractivity contribution in [2.75, 3.05) is 12.4 Å². The van der Waals surface area contributed by atoms with Gasteiger partial charge in [-0.05, 0) is 36.4 Å². The highest BCUT2D eigenvalue weighted by molar-refractivity contribution is 5.96. The summed E-state index contributed by atoms with van der Waals surface area (Å²) in [6, 6.07) is 24.1. The third-order valence-corrected chi connectivity index (χ3v) is 4.86. The third kappa shape index (κ3) is 3.56. The SMILES string of the molecule is COc1ccc2c(C#N)c(-c3cccc(NC(=O)Oc4ccccc4)c3)n(C)c2c1. The molecule has 6 nitrogen and oxygen atoms in total. The number of methoxy groups -OCH3 is 1. The Labute approximate surface area is 173 Å². The van der Waals surface area contributed by atoms with Crippen molar-refractivity contribution in [1.82, 2.24) is 4.57 Å². The first-order chi connectivity index (χ1) is 14.6. The standard InChI is InChI=1S/C24H19N3O3/c1-27-22-14-19(29-2)11-12-20(22)21(15-25)23(27)16-7-6-8-17(13-16)26-24(28)30-18-9-4-3-5-10-18/h3-14H,1-2H3,(H,26,28). The molecule has 1 amide bonds. The molecule has 1 N–H and O–H groups in total. The number of hydrogen-bond donors (Lipinski definition) is 1. The largest absolute Gasteiger partial charge is 0.497 e. The van der Waals surface area contributed by atoms with Crippen molar-refractivity contribution >= 4 is 22.7 Å². The average Bonchev–Trinajstić information content (AvgIpc) is 3.05.